The number of carboxylic acid groups (broad SMARTS) is 2. The lowest BCUT2D eigenvalue weighted by atomic mass is 9.89. The molecule has 2 aromatic rings. The lowest BCUT2D eigenvalue weighted by molar-refractivity contribution is -0.134. The van der Waals surface area contributed by atoms with E-state index in [1.807, 2.05) is 11.3 Å². The number of hydrogen-bond donors (Lipinski definition) is 2. The summed E-state index contributed by atoms with van der Waals surface area (Å²) >= 11 is 3.68. The van der Waals surface area contributed by atoms with Gasteiger partial charge in [-0.25, -0.2) is 9.59 Å². The first-order chi connectivity index (χ1) is 17.1. The third kappa shape index (κ3) is 7.57. The van der Waals surface area contributed by atoms with Crippen molar-refractivity contribution in [2.75, 3.05) is 26.2 Å². The van der Waals surface area contributed by atoms with Crippen molar-refractivity contribution in [3.63, 3.8) is 0 Å². The van der Waals surface area contributed by atoms with Crippen LogP contribution in [0.15, 0.2) is 41.8 Å². The molecule has 196 valence electrons. The van der Waals surface area contributed by atoms with Gasteiger partial charge in [0.1, 0.15) is 0 Å². The Balaban J connectivity index is 0.000000392. The van der Waals surface area contributed by atoms with Crippen LogP contribution in [0.4, 0.5) is 0 Å². The SMILES string of the molecule is CC1SC(C)(C)C(=O)N1CCCCN1CCC(c2csc3ccccc23)CC1.O=C(O)C=CC(=O)O. The average molecular weight is 533 g/mol. The largest absolute Gasteiger partial charge is 0.478 e. The molecule has 2 saturated heterocycles. The van der Waals surface area contributed by atoms with Gasteiger partial charge in [0.05, 0.1) is 10.1 Å². The molecule has 0 bridgehead atoms. The standard InChI is InChI=1S/C23H32N2OS2.C4H4O4/c1-17-25(22(26)23(2,3)28-17)13-7-6-12-24-14-10-18(11-15-24)20-16-27-21-9-5-4-8-19(20)21;5-3(6)1-2-4(7)8/h4-5,8-9,16-18H,6-7,10-15H2,1-3H3;1-2H,(H,5,6)(H,7,8). The van der Waals surface area contributed by atoms with E-state index in [9.17, 15) is 14.4 Å². The summed E-state index contributed by atoms with van der Waals surface area (Å²) < 4.78 is 1.18. The fraction of sp³-hybridized carbons (Fsp3) is 0.519. The highest BCUT2D eigenvalue weighted by atomic mass is 32.2. The Labute approximate surface area is 221 Å². The van der Waals surface area contributed by atoms with Crippen LogP contribution in [0.25, 0.3) is 10.1 Å². The second-order valence-electron chi connectivity index (χ2n) is 9.75. The Hall–Kier alpha value is -2.36. The lowest BCUT2D eigenvalue weighted by Crippen LogP contribution is -2.38. The van der Waals surface area contributed by atoms with Crippen LogP contribution in [-0.2, 0) is 14.4 Å². The Kier molecular flexibility index (Phi) is 9.99. The molecule has 1 amide bonds. The molecule has 2 fully saturated rings. The highest BCUT2D eigenvalue weighted by molar-refractivity contribution is 8.02. The number of aliphatic carboxylic acids is 2. The molecule has 1 aromatic carbocycles. The van der Waals surface area contributed by atoms with E-state index in [0.717, 1.165) is 18.9 Å². The van der Waals surface area contributed by atoms with E-state index < -0.39 is 11.9 Å². The molecular weight excluding hydrogens is 496 g/mol. The number of fused-ring (bicyclic) bond motifs is 1. The number of carbonyl (C=O) groups is 3. The molecule has 2 aliphatic heterocycles. The van der Waals surface area contributed by atoms with Gasteiger partial charge in [-0.2, -0.15) is 0 Å². The molecule has 0 aliphatic carbocycles. The molecule has 0 radical (unpaired) electrons. The number of nitrogens with zero attached hydrogens (tertiary/aromatic N) is 2. The van der Waals surface area contributed by atoms with Crippen LogP contribution in [0.2, 0.25) is 0 Å². The summed E-state index contributed by atoms with van der Waals surface area (Å²) in [6.07, 6.45) is 5.96. The Morgan fingerprint density at radius 3 is 2.25 bits per heavy atom. The number of likely N-dealkylation sites (tertiary alicyclic amines) is 1. The molecule has 9 heteroatoms. The lowest BCUT2D eigenvalue weighted by Gasteiger charge is -2.32. The van der Waals surface area contributed by atoms with Crippen LogP contribution in [-0.4, -0.2) is 74.2 Å². The Bertz CT molecular complexity index is 1070. The fourth-order valence-electron chi connectivity index (χ4n) is 4.88. The van der Waals surface area contributed by atoms with Crippen molar-refractivity contribution >= 4 is 51.0 Å². The van der Waals surface area contributed by atoms with Crippen molar-refractivity contribution in [3.8, 4) is 0 Å². The van der Waals surface area contributed by atoms with Gasteiger partial charge < -0.3 is 20.0 Å². The number of benzene rings is 1. The number of piperidine rings is 1. The van der Waals surface area contributed by atoms with Gasteiger partial charge in [0, 0.05) is 23.4 Å². The summed E-state index contributed by atoms with van der Waals surface area (Å²) in [6.45, 7) is 10.8. The average Bonchev–Trinajstić information content (AvgIpc) is 3.34. The number of hydrogen-bond acceptors (Lipinski definition) is 6. The third-order valence-corrected chi connectivity index (χ3v) is 9.05. The van der Waals surface area contributed by atoms with E-state index in [4.69, 9.17) is 10.2 Å². The minimum absolute atomic E-state index is 0.243. The zero-order chi connectivity index (χ0) is 26.3. The number of amides is 1. The number of rotatable bonds is 8. The predicted octanol–water partition coefficient (Wildman–Crippen LogP) is 5.27. The fourth-order valence-corrected chi connectivity index (χ4v) is 7.32. The van der Waals surface area contributed by atoms with Gasteiger partial charge in [-0.15, -0.1) is 23.1 Å². The van der Waals surface area contributed by atoms with E-state index in [-0.39, 0.29) is 4.75 Å². The molecule has 0 saturated carbocycles. The topological polar surface area (TPSA) is 98.2 Å². The van der Waals surface area contributed by atoms with Crippen molar-refractivity contribution < 1.29 is 24.6 Å². The molecule has 2 N–H and O–H groups in total. The minimum atomic E-state index is -1.26. The predicted molar refractivity (Wildman–Crippen MR) is 147 cm³/mol. The monoisotopic (exact) mass is 532 g/mol. The van der Waals surface area contributed by atoms with Crippen LogP contribution < -0.4 is 0 Å². The van der Waals surface area contributed by atoms with E-state index in [1.54, 1.807) is 17.3 Å². The van der Waals surface area contributed by atoms with E-state index >= 15 is 0 Å². The van der Waals surface area contributed by atoms with Gasteiger partial charge >= 0.3 is 11.9 Å². The molecule has 1 unspecified atom stereocenters. The second kappa shape index (κ2) is 12.7. The van der Waals surface area contributed by atoms with Crippen LogP contribution in [0.3, 0.4) is 0 Å². The van der Waals surface area contributed by atoms with Gasteiger partial charge in [0.15, 0.2) is 0 Å². The Morgan fingerprint density at radius 1 is 1.06 bits per heavy atom. The van der Waals surface area contributed by atoms with Crippen LogP contribution in [0.1, 0.15) is 57.9 Å². The first-order valence-electron chi connectivity index (χ1n) is 12.4. The second-order valence-corrected chi connectivity index (χ2v) is 12.6. The zero-order valence-electron chi connectivity index (χ0n) is 21.2. The summed E-state index contributed by atoms with van der Waals surface area (Å²) in [6, 6.07) is 8.83. The molecule has 1 aromatic heterocycles. The maximum atomic E-state index is 12.5. The molecule has 36 heavy (non-hydrogen) atoms. The van der Waals surface area contributed by atoms with Crippen molar-refractivity contribution in [1.82, 2.24) is 9.80 Å². The smallest absolute Gasteiger partial charge is 0.328 e. The molecule has 1 atom stereocenters. The van der Waals surface area contributed by atoms with E-state index in [0.29, 0.717) is 23.4 Å². The highest BCUT2D eigenvalue weighted by Crippen LogP contribution is 2.40. The number of carbonyl (C=O) groups excluding carboxylic acids is 1. The maximum absolute atomic E-state index is 12.5. The van der Waals surface area contributed by atoms with Crippen LogP contribution in [0.5, 0.6) is 0 Å². The molecule has 0 spiro atoms. The minimum Gasteiger partial charge on any atom is -0.478 e. The molecule has 4 rings (SSSR count). The van der Waals surface area contributed by atoms with E-state index in [2.05, 4.69) is 60.2 Å². The number of carboxylic acids is 2. The van der Waals surface area contributed by atoms with E-state index in [1.165, 1.54) is 49.0 Å². The number of thioether (sulfide) groups is 1. The summed E-state index contributed by atoms with van der Waals surface area (Å²) in [5.41, 5.74) is 1.57. The van der Waals surface area contributed by atoms with Gasteiger partial charge in [-0.3, -0.25) is 4.79 Å². The van der Waals surface area contributed by atoms with Gasteiger partial charge in [0.2, 0.25) is 5.91 Å². The van der Waals surface area contributed by atoms with Crippen molar-refractivity contribution in [3.05, 3.63) is 47.4 Å². The summed E-state index contributed by atoms with van der Waals surface area (Å²) in [5.74, 6) is -1.48. The third-order valence-electron chi connectivity index (χ3n) is 6.71. The Morgan fingerprint density at radius 2 is 1.67 bits per heavy atom. The number of unbranched alkanes of at least 4 members (excludes halogenated alkanes) is 1. The first-order valence-corrected chi connectivity index (χ1v) is 14.2. The van der Waals surface area contributed by atoms with Crippen molar-refractivity contribution in [2.24, 2.45) is 0 Å². The number of thiophene rings is 1. The maximum Gasteiger partial charge on any atom is 0.328 e. The van der Waals surface area contributed by atoms with Gasteiger partial charge in [0.25, 0.3) is 0 Å². The summed E-state index contributed by atoms with van der Waals surface area (Å²) in [4.78, 5) is 36.3. The molecular formula is C27H36N2O5S2. The van der Waals surface area contributed by atoms with Crippen molar-refractivity contribution in [2.45, 2.75) is 62.5 Å². The van der Waals surface area contributed by atoms with Crippen LogP contribution >= 0.6 is 23.1 Å². The van der Waals surface area contributed by atoms with Crippen LogP contribution in [0, 0.1) is 0 Å². The molecule has 2 aliphatic rings. The molecule has 3 heterocycles. The summed E-state index contributed by atoms with van der Waals surface area (Å²) in [7, 11) is 0. The van der Waals surface area contributed by atoms with Gasteiger partial charge in [-0.05, 0) is 94.4 Å². The quantitative estimate of drug-likeness (QED) is 0.353. The zero-order valence-corrected chi connectivity index (χ0v) is 22.8. The summed E-state index contributed by atoms with van der Waals surface area (Å²) in [5, 5.41) is 19.8. The molecule has 7 nitrogen and oxygen atoms in total. The normalized spacial score (nSPS) is 20.6. The van der Waals surface area contributed by atoms with Crippen molar-refractivity contribution in [1.29, 1.82) is 0 Å². The first kappa shape index (κ1) is 28.2. The highest BCUT2D eigenvalue weighted by Gasteiger charge is 2.43. The van der Waals surface area contributed by atoms with Gasteiger partial charge in [-0.1, -0.05) is 18.2 Å².